The van der Waals surface area contributed by atoms with Crippen LogP contribution in [0.2, 0.25) is 0 Å². The van der Waals surface area contributed by atoms with E-state index in [4.69, 9.17) is 13.3 Å². The number of fused-ring (bicyclic) bond motifs is 25. The largest absolute Gasteiger partial charge is 0.456 e. The molecule has 3 heteroatoms. The summed E-state index contributed by atoms with van der Waals surface area (Å²) in [5.41, 5.74) is 27.1. The Labute approximate surface area is 513 Å². The van der Waals surface area contributed by atoms with Crippen LogP contribution < -0.4 is 0 Å². The molecule has 0 unspecified atom stereocenters. The summed E-state index contributed by atoms with van der Waals surface area (Å²) in [6, 6.07) is 78.3. The van der Waals surface area contributed by atoms with Gasteiger partial charge in [-0.15, -0.1) is 0 Å². The lowest BCUT2D eigenvalue weighted by Crippen LogP contribution is -2.24. The standard InChI is InChI=1S/C86H58O3/c1-83(2)59-27-15-9-21-45(59)54-39-56-52(38-55-46-22-10-16-28-60(46)84(3,4)66-42-70-77(78(56)74(55)66)50-26-14-19-31-67(50)87-70)53-35-44(36-63(83)71(53)54)43-33-34-51-69(37-43)89-82-76-48-24-12-18-30-62(48)86(7,8)65(76)40-57-72-49-25-13-20-32-68(49)88-81-75-47-23-11-17-29-61(47)85(5,6)64(75)41-58(79(72)81)73(51)80(57)82/h9-42H,1-8H3. The smallest absolute Gasteiger partial charge is 0.144 e. The van der Waals surface area contributed by atoms with Gasteiger partial charge in [0.15, 0.2) is 0 Å². The third-order valence-electron chi connectivity index (χ3n) is 22.8. The molecule has 0 saturated heterocycles. The lowest BCUT2D eigenvalue weighted by Gasteiger charge is -2.37. The Balaban J connectivity index is 0.928. The van der Waals surface area contributed by atoms with Crippen molar-refractivity contribution in [2.75, 3.05) is 0 Å². The number of furan rings is 1. The molecule has 0 radical (unpaired) electrons. The quantitative estimate of drug-likeness (QED) is 0.121. The molecule has 0 amide bonds. The molecule has 0 aliphatic heterocycles. The molecule has 4 aliphatic carbocycles. The summed E-state index contributed by atoms with van der Waals surface area (Å²) in [6.45, 7) is 19.2. The number of hydrogen-bond donors (Lipinski definition) is 0. The highest BCUT2D eigenvalue weighted by Gasteiger charge is 2.43. The van der Waals surface area contributed by atoms with Gasteiger partial charge in [0.2, 0.25) is 0 Å². The molecule has 4 aliphatic rings. The average Bonchev–Trinajstić information content (AvgIpc) is 1.68. The van der Waals surface area contributed by atoms with Crippen LogP contribution in [0.25, 0.3) is 175 Å². The SMILES string of the molecule is CC1(C)c2ccccc2-c2c1cc1c3c2oc2ccccc2c3c2cc3c(c4oc5cc(-c6cc7c8c(cc9c(cc%10c%11c(cc%12oc%13ccccc%13c%12c%119)C(C)(C)c9ccccc9-%10)c8c6)-c6ccccc6C7(C)C)ccc5c1c42)-c1ccccc1C3(C)C. The fourth-order valence-corrected chi connectivity index (χ4v) is 18.5. The van der Waals surface area contributed by atoms with E-state index in [1.54, 1.807) is 0 Å². The zero-order chi connectivity index (χ0) is 59.3. The van der Waals surface area contributed by atoms with Crippen LogP contribution in [0.5, 0.6) is 0 Å². The second-order valence-electron chi connectivity index (χ2n) is 28.5. The molecule has 21 rings (SSSR count). The maximum Gasteiger partial charge on any atom is 0.144 e. The average molecular weight is 1140 g/mol. The van der Waals surface area contributed by atoms with Crippen LogP contribution in [0.1, 0.15) is 99.9 Å². The van der Waals surface area contributed by atoms with E-state index in [0.717, 1.165) is 71.6 Å². The van der Waals surface area contributed by atoms with Crippen LogP contribution in [-0.4, -0.2) is 0 Å². The van der Waals surface area contributed by atoms with Gasteiger partial charge in [-0.3, -0.25) is 0 Å². The van der Waals surface area contributed by atoms with E-state index in [2.05, 4.69) is 262 Å². The number of benzene rings is 14. The van der Waals surface area contributed by atoms with E-state index in [1.165, 1.54) is 148 Å². The Kier molecular flexibility index (Phi) is 8.63. The molecule has 0 spiro atoms. The van der Waals surface area contributed by atoms with E-state index in [9.17, 15) is 0 Å². The van der Waals surface area contributed by atoms with Crippen molar-refractivity contribution in [3.8, 4) is 55.6 Å². The van der Waals surface area contributed by atoms with Crippen molar-refractivity contribution in [3.05, 3.63) is 251 Å². The van der Waals surface area contributed by atoms with Gasteiger partial charge < -0.3 is 13.3 Å². The Hall–Kier alpha value is -10.2. The first-order chi connectivity index (χ1) is 43.2. The molecule has 3 heterocycles. The zero-order valence-corrected chi connectivity index (χ0v) is 50.9. The summed E-state index contributed by atoms with van der Waals surface area (Å²) in [5, 5.41) is 19.3. The van der Waals surface area contributed by atoms with Crippen molar-refractivity contribution in [1.29, 1.82) is 0 Å². The summed E-state index contributed by atoms with van der Waals surface area (Å²) < 4.78 is 22.2. The first-order valence-corrected chi connectivity index (χ1v) is 31.7. The van der Waals surface area contributed by atoms with E-state index in [1.807, 2.05) is 0 Å². The predicted octanol–water partition coefficient (Wildman–Crippen LogP) is 24.0. The highest BCUT2D eigenvalue weighted by atomic mass is 16.3. The van der Waals surface area contributed by atoms with E-state index in [0.29, 0.717) is 0 Å². The molecule has 3 aromatic heterocycles. The van der Waals surface area contributed by atoms with Gasteiger partial charge >= 0.3 is 0 Å². The molecule has 0 bridgehead atoms. The second-order valence-corrected chi connectivity index (χ2v) is 28.5. The van der Waals surface area contributed by atoms with Gasteiger partial charge in [-0.25, -0.2) is 0 Å². The van der Waals surface area contributed by atoms with Gasteiger partial charge in [0.1, 0.15) is 33.5 Å². The summed E-state index contributed by atoms with van der Waals surface area (Å²) >= 11 is 0. The molecular formula is C86H58O3. The summed E-state index contributed by atoms with van der Waals surface area (Å²) in [5.74, 6) is 0. The minimum absolute atomic E-state index is 0.278. The van der Waals surface area contributed by atoms with Crippen molar-refractivity contribution in [2.45, 2.75) is 77.0 Å². The molecule has 0 fully saturated rings. The first kappa shape index (κ1) is 48.8. The first-order valence-electron chi connectivity index (χ1n) is 31.7. The fraction of sp³-hybridized carbons (Fsp3) is 0.140. The highest BCUT2D eigenvalue weighted by molar-refractivity contribution is 6.42. The number of rotatable bonds is 1. The van der Waals surface area contributed by atoms with Crippen LogP contribution in [0.4, 0.5) is 0 Å². The third-order valence-corrected chi connectivity index (χ3v) is 22.8. The van der Waals surface area contributed by atoms with Gasteiger partial charge in [-0.1, -0.05) is 195 Å². The van der Waals surface area contributed by atoms with Crippen LogP contribution in [-0.2, 0) is 21.7 Å². The minimum Gasteiger partial charge on any atom is -0.456 e. The molecule has 0 N–H and O–H groups in total. The number of hydrogen-bond acceptors (Lipinski definition) is 3. The fourth-order valence-electron chi connectivity index (χ4n) is 18.5. The van der Waals surface area contributed by atoms with Crippen molar-refractivity contribution in [3.63, 3.8) is 0 Å². The lowest BCUT2D eigenvalue weighted by atomic mass is 9.66. The van der Waals surface area contributed by atoms with Crippen molar-refractivity contribution in [1.82, 2.24) is 0 Å². The van der Waals surface area contributed by atoms with Gasteiger partial charge in [0, 0.05) is 81.3 Å². The molecule has 3 nitrogen and oxygen atoms in total. The Morgan fingerprint density at radius 3 is 1.25 bits per heavy atom. The summed E-state index contributed by atoms with van der Waals surface area (Å²) in [4.78, 5) is 0. The van der Waals surface area contributed by atoms with E-state index >= 15 is 0 Å². The summed E-state index contributed by atoms with van der Waals surface area (Å²) in [7, 11) is 0. The zero-order valence-electron chi connectivity index (χ0n) is 50.9. The van der Waals surface area contributed by atoms with Crippen LogP contribution in [0.15, 0.2) is 220 Å². The molecular weight excluding hydrogens is 1080 g/mol. The molecule has 17 aromatic rings. The monoisotopic (exact) mass is 1140 g/mol. The lowest BCUT2D eigenvalue weighted by molar-refractivity contribution is 0.637. The Morgan fingerprint density at radius 2 is 0.652 bits per heavy atom. The number of para-hydroxylation sites is 2. The molecule has 0 saturated carbocycles. The Morgan fingerprint density at radius 1 is 0.213 bits per heavy atom. The molecule has 89 heavy (non-hydrogen) atoms. The summed E-state index contributed by atoms with van der Waals surface area (Å²) in [6.07, 6.45) is 0. The van der Waals surface area contributed by atoms with Gasteiger partial charge in [0.25, 0.3) is 0 Å². The minimum atomic E-state index is -0.331. The Bertz CT molecular complexity index is 6280. The molecule has 0 atom stereocenters. The molecule has 420 valence electrons. The maximum absolute atomic E-state index is 7.88. The van der Waals surface area contributed by atoms with Crippen LogP contribution >= 0.6 is 0 Å². The van der Waals surface area contributed by atoms with E-state index < -0.39 is 0 Å². The second kappa shape index (κ2) is 15.7. The predicted molar refractivity (Wildman–Crippen MR) is 371 cm³/mol. The van der Waals surface area contributed by atoms with Gasteiger partial charge in [0.05, 0.1) is 0 Å². The topological polar surface area (TPSA) is 39.4 Å². The van der Waals surface area contributed by atoms with Crippen molar-refractivity contribution >= 4 is 120 Å². The highest BCUT2D eigenvalue weighted by Crippen LogP contribution is 2.62. The van der Waals surface area contributed by atoms with Crippen molar-refractivity contribution in [2.24, 2.45) is 0 Å². The molecule has 14 aromatic carbocycles. The maximum atomic E-state index is 7.88. The van der Waals surface area contributed by atoms with Gasteiger partial charge in [-0.05, 0) is 193 Å². The van der Waals surface area contributed by atoms with Crippen molar-refractivity contribution < 1.29 is 13.3 Å². The van der Waals surface area contributed by atoms with E-state index in [-0.39, 0.29) is 21.7 Å². The van der Waals surface area contributed by atoms with Crippen LogP contribution in [0, 0.1) is 0 Å². The normalized spacial score (nSPS) is 16.0. The third kappa shape index (κ3) is 5.67. The van der Waals surface area contributed by atoms with Gasteiger partial charge in [-0.2, -0.15) is 0 Å². The van der Waals surface area contributed by atoms with Crippen LogP contribution in [0.3, 0.4) is 0 Å².